The third kappa shape index (κ3) is 3.56. The molecule has 2 N–H and O–H groups in total. The predicted octanol–water partition coefficient (Wildman–Crippen LogP) is 2.81. The summed E-state index contributed by atoms with van der Waals surface area (Å²) in [6.07, 6.45) is 1.53. The van der Waals surface area contributed by atoms with Crippen molar-refractivity contribution in [3.63, 3.8) is 0 Å². The molecule has 1 aromatic heterocycles. The number of nitrogens with one attached hydrogen (secondary N) is 1. The molecule has 5 nitrogen and oxygen atoms in total. The molecule has 0 aliphatic carbocycles. The molecule has 0 bridgehead atoms. The second kappa shape index (κ2) is 6.20. The van der Waals surface area contributed by atoms with Crippen molar-refractivity contribution in [2.45, 2.75) is 13.5 Å². The summed E-state index contributed by atoms with van der Waals surface area (Å²) in [5, 5.41) is 12.1. The Balaban J connectivity index is 2.16. The number of phenols is 1. The lowest BCUT2D eigenvalue weighted by Crippen LogP contribution is -2.28. The van der Waals surface area contributed by atoms with E-state index < -0.39 is 5.91 Å². The highest BCUT2D eigenvalue weighted by molar-refractivity contribution is 6.37. The third-order valence-corrected chi connectivity index (χ3v) is 3.40. The van der Waals surface area contributed by atoms with E-state index in [4.69, 9.17) is 23.2 Å². The average Bonchev–Trinajstić information content (AvgIpc) is 2.41. The number of amides is 1. The first kappa shape index (κ1) is 15.4. The first-order valence-electron chi connectivity index (χ1n) is 6.02. The Morgan fingerprint density at radius 3 is 2.57 bits per heavy atom. The number of phenolic OH excluding ortho intramolecular Hbond substituents is 1. The van der Waals surface area contributed by atoms with E-state index >= 15 is 0 Å². The van der Waals surface area contributed by atoms with Crippen LogP contribution in [0.3, 0.4) is 0 Å². The van der Waals surface area contributed by atoms with Gasteiger partial charge in [-0.05, 0) is 25.1 Å². The lowest BCUT2D eigenvalue weighted by atomic mass is 10.3. The molecule has 7 heteroatoms. The van der Waals surface area contributed by atoms with E-state index in [9.17, 15) is 14.7 Å². The fourth-order valence-corrected chi connectivity index (χ4v) is 2.26. The smallest absolute Gasteiger partial charge is 0.253 e. The molecule has 0 atom stereocenters. The molecule has 1 aromatic carbocycles. The fourth-order valence-electron chi connectivity index (χ4n) is 1.77. The standard InChI is InChI=1S/C14H12Cl2N2O3/c1-8-3-2-4-18(14(8)21)7-12(19)17-9-5-10(15)13(20)11(16)6-9/h2-6,20H,7H2,1H3,(H,17,19). The number of hydrogen-bond donors (Lipinski definition) is 2. The van der Waals surface area contributed by atoms with Gasteiger partial charge in [-0.3, -0.25) is 9.59 Å². The Morgan fingerprint density at radius 2 is 1.95 bits per heavy atom. The third-order valence-electron chi connectivity index (χ3n) is 2.83. The number of anilines is 1. The van der Waals surface area contributed by atoms with Crippen molar-refractivity contribution in [2.75, 3.05) is 5.32 Å². The van der Waals surface area contributed by atoms with Gasteiger partial charge in [0.15, 0.2) is 5.75 Å². The Bertz CT molecular complexity index is 733. The molecule has 1 heterocycles. The molecule has 0 spiro atoms. The van der Waals surface area contributed by atoms with Crippen molar-refractivity contribution < 1.29 is 9.90 Å². The van der Waals surface area contributed by atoms with Gasteiger partial charge < -0.3 is 15.0 Å². The van der Waals surface area contributed by atoms with Gasteiger partial charge in [0.1, 0.15) is 6.54 Å². The van der Waals surface area contributed by atoms with E-state index in [0.29, 0.717) is 11.3 Å². The molecule has 110 valence electrons. The largest absolute Gasteiger partial charge is 0.505 e. The number of carbonyl (C=O) groups excluding carboxylic acids is 1. The first-order chi connectivity index (χ1) is 9.88. The number of nitrogens with zero attached hydrogens (tertiary/aromatic N) is 1. The molecule has 2 rings (SSSR count). The minimum Gasteiger partial charge on any atom is -0.505 e. The number of aryl methyl sites for hydroxylation is 1. The number of pyridine rings is 1. The van der Waals surface area contributed by atoms with Crippen LogP contribution >= 0.6 is 23.2 Å². The average molecular weight is 327 g/mol. The molecule has 0 fully saturated rings. The normalized spacial score (nSPS) is 10.4. The lowest BCUT2D eigenvalue weighted by Gasteiger charge is -2.09. The number of rotatable bonds is 3. The summed E-state index contributed by atoms with van der Waals surface area (Å²) in [4.78, 5) is 23.8. The zero-order chi connectivity index (χ0) is 15.6. The highest BCUT2D eigenvalue weighted by Gasteiger charge is 2.10. The van der Waals surface area contributed by atoms with Crippen LogP contribution in [0.1, 0.15) is 5.56 Å². The Hall–Kier alpha value is -1.98. The second-order valence-corrected chi connectivity index (χ2v) is 5.28. The molecule has 0 aliphatic heterocycles. The van der Waals surface area contributed by atoms with Crippen molar-refractivity contribution >= 4 is 34.8 Å². The molecule has 0 aliphatic rings. The molecular weight excluding hydrogens is 315 g/mol. The van der Waals surface area contributed by atoms with E-state index in [-0.39, 0.29) is 27.9 Å². The summed E-state index contributed by atoms with van der Waals surface area (Å²) in [5.41, 5.74) is 0.670. The summed E-state index contributed by atoms with van der Waals surface area (Å²) in [6, 6.07) is 6.12. The summed E-state index contributed by atoms with van der Waals surface area (Å²) >= 11 is 11.5. The predicted molar refractivity (Wildman–Crippen MR) is 82.2 cm³/mol. The highest BCUT2D eigenvalue weighted by Crippen LogP contribution is 2.34. The van der Waals surface area contributed by atoms with Crippen LogP contribution in [-0.4, -0.2) is 15.6 Å². The molecule has 0 unspecified atom stereocenters. The van der Waals surface area contributed by atoms with E-state index in [0.717, 1.165) is 0 Å². The number of aromatic hydroxyl groups is 1. The van der Waals surface area contributed by atoms with Crippen LogP contribution in [-0.2, 0) is 11.3 Å². The number of hydrogen-bond acceptors (Lipinski definition) is 3. The van der Waals surface area contributed by atoms with E-state index in [2.05, 4.69) is 5.32 Å². The van der Waals surface area contributed by atoms with Gasteiger partial charge in [0.25, 0.3) is 5.56 Å². The van der Waals surface area contributed by atoms with Crippen molar-refractivity contribution in [3.8, 4) is 5.75 Å². The monoisotopic (exact) mass is 326 g/mol. The number of halogens is 2. The summed E-state index contributed by atoms with van der Waals surface area (Å²) in [5.74, 6) is -0.647. The molecule has 21 heavy (non-hydrogen) atoms. The highest BCUT2D eigenvalue weighted by atomic mass is 35.5. The van der Waals surface area contributed by atoms with Gasteiger partial charge in [-0.2, -0.15) is 0 Å². The maximum atomic E-state index is 11.9. The minimum absolute atomic E-state index is 0.0329. The van der Waals surface area contributed by atoms with Gasteiger partial charge in [0, 0.05) is 17.4 Å². The summed E-state index contributed by atoms with van der Waals surface area (Å²) in [7, 11) is 0. The molecule has 0 saturated carbocycles. The maximum Gasteiger partial charge on any atom is 0.253 e. The summed E-state index contributed by atoms with van der Waals surface area (Å²) < 4.78 is 1.30. The minimum atomic E-state index is -0.402. The van der Waals surface area contributed by atoms with Gasteiger partial charge in [0.2, 0.25) is 5.91 Å². The molecule has 1 amide bonds. The molecule has 2 aromatic rings. The number of benzene rings is 1. The maximum absolute atomic E-state index is 11.9. The van der Waals surface area contributed by atoms with Crippen LogP contribution in [0.25, 0.3) is 0 Å². The molecular formula is C14H12Cl2N2O3. The zero-order valence-electron chi connectivity index (χ0n) is 11.1. The lowest BCUT2D eigenvalue weighted by molar-refractivity contribution is -0.116. The van der Waals surface area contributed by atoms with E-state index in [1.165, 1.54) is 22.9 Å². The fraction of sp³-hybridized carbons (Fsp3) is 0.143. The SMILES string of the molecule is Cc1cccn(CC(=O)Nc2cc(Cl)c(O)c(Cl)c2)c1=O. The van der Waals surface area contributed by atoms with Crippen molar-refractivity contribution in [1.29, 1.82) is 0 Å². The van der Waals surface area contributed by atoms with Crippen molar-refractivity contribution in [3.05, 3.63) is 56.4 Å². The Morgan fingerprint density at radius 1 is 1.33 bits per heavy atom. The van der Waals surface area contributed by atoms with E-state index in [1.807, 2.05) is 0 Å². The van der Waals surface area contributed by atoms with Crippen LogP contribution in [0.2, 0.25) is 10.0 Å². The van der Waals surface area contributed by atoms with Gasteiger partial charge in [-0.25, -0.2) is 0 Å². The van der Waals surface area contributed by atoms with Crippen molar-refractivity contribution in [1.82, 2.24) is 4.57 Å². The van der Waals surface area contributed by atoms with Gasteiger partial charge in [0.05, 0.1) is 10.0 Å². The van der Waals surface area contributed by atoms with Gasteiger partial charge in [-0.1, -0.05) is 29.3 Å². The Labute approximate surface area is 130 Å². The van der Waals surface area contributed by atoms with Crippen LogP contribution in [0.4, 0.5) is 5.69 Å². The van der Waals surface area contributed by atoms with E-state index in [1.54, 1.807) is 19.1 Å². The first-order valence-corrected chi connectivity index (χ1v) is 6.78. The van der Waals surface area contributed by atoms with Crippen molar-refractivity contribution in [2.24, 2.45) is 0 Å². The number of carbonyl (C=O) groups is 1. The van der Waals surface area contributed by atoms with Crippen LogP contribution < -0.4 is 10.9 Å². The molecule has 0 saturated heterocycles. The van der Waals surface area contributed by atoms with Gasteiger partial charge in [-0.15, -0.1) is 0 Å². The second-order valence-electron chi connectivity index (χ2n) is 4.46. The quantitative estimate of drug-likeness (QED) is 0.852. The van der Waals surface area contributed by atoms with Gasteiger partial charge >= 0.3 is 0 Å². The topological polar surface area (TPSA) is 71.3 Å². The van der Waals surface area contributed by atoms with Crippen LogP contribution in [0.5, 0.6) is 5.75 Å². The number of aromatic nitrogens is 1. The van der Waals surface area contributed by atoms with Crippen LogP contribution in [0.15, 0.2) is 35.3 Å². The summed E-state index contributed by atoms with van der Waals surface area (Å²) in [6.45, 7) is 1.55. The van der Waals surface area contributed by atoms with Crippen LogP contribution in [0, 0.1) is 6.92 Å². The Kier molecular flexibility index (Phi) is 4.55. The zero-order valence-corrected chi connectivity index (χ0v) is 12.6. The molecule has 0 radical (unpaired) electrons.